The maximum Gasteiger partial charge on any atom is 0.306 e. The van der Waals surface area contributed by atoms with Crippen molar-refractivity contribution in [1.29, 1.82) is 0 Å². The maximum atomic E-state index is 12.5. The van der Waals surface area contributed by atoms with Crippen LogP contribution in [-0.2, 0) is 22.6 Å². The third kappa shape index (κ3) is 6.80. The van der Waals surface area contributed by atoms with E-state index in [-0.39, 0.29) is 42.9 Å². The van der Waals surface area contributed by atoms with Crippen molar-refractivity contribution in [2.45, 2.75) is 76.8 Å². The monoisotopic (exact) mass is 548 g/mol. The Bertz CT molecular complexity index is 1260. The van der Waals surface area contributed by atoms with Gasteiger partial charge in [0.1, 0.15) is 30.0 Å². The summed E-state index contributed by atoms with van der Waals surface area (Å²) in [5.74, 6) is 7.69. The van der Waals surface area contributed by atoms with Gasteiger partial charge in [0, 0.05) is 48.3 Å². The van der Waals surface area contributed by atoms with E-state index in [1.807, 2.05) is 37.3 Å². The van der Waals surface area contributed by atoms with Gasteiger partial charge in [-0.1, -0.05) is 37.3 Å². The number of hydrogen-bond donors (Lipinski definition) is 2. The van der Waals surface area contributed by atoms with Gasteiger partial charge < -0.3 is 29.2 Å². The Kier molecular flexibility index (Phi) is 10.1. The predicted molar refractivity (Wildman–Crippen MR) is 152 cm³/mol. The number of ether oxygens (including phenoxy) is 4. The molecule has 6 atom stereocenters. The zero-order valence-electron chi connectivity index (χ0n) is 23.8. The Balaban J connectivity index is 1.34. The van der Waals surface area contributed by atoms with Crippen LogP contribution in [0.2, 0.25) is 0 Å². The standard InChI is InChI=1S/C33H40O7/c1-5-6-9-21(2)27(34)17-16-25-28(35)19-30-32(25)26-12-7-10-22(33(26)40-30)11-8-13-31(36)39-20-23-14-15-24(37-3)18-29(23)38-4/h7,10,12,14-18,21,25,27-28,30,32,34-35H,8-9,11,13,19-20H2,1-4H3/b17-16+/t21-,25-,27+,28+,30-,32-/m0/s1. The molecule has 1 aliphatic heterocycles. The topological polar surface area (TPSA) is 94.5 Å². The van der Waals surface area contributed by atoms with Gasteiger partial charge >= 0.3 is 5.97 Å². The molecule has 1 aliphatic carbocycles. The molecule has 0 radical (unpaired) electrons. The van der Waals surface area contributed by atoms with Crippen LogP contribution in [-0.4, -0.2) is 48.7 Å². The fourth-order valence-electron chi connectivity index (χ4n) is 5.61. The highest BCUT2D eigenvalue weighted by Crippen LogP contribution is 2.52. The van der Waals surface area contributed by atoms with Gasteiger partial charge in [0.15, 0.2) is 0 Å². The lowest BCUT2D eigenvalue weighted by molar-refractivity contribution is -0.145. The summed E-state index contributed by atoms with van der Waals surface area (Å²) in [6.45, 7) is 3.90. The number of aryl methyl sites for hydroxylation is 1. The molecule has 0 aromatic heterocycles. The summed E-state index contributed by atoms with van der Waals surface area (Å²) >= 11 is 0. The van der Waals surface area contributed by atoms with Crippen molar-refractivity contribution in [2.24, 2.45) is 11.8 Å². The van der Waals surface area contributed by atoms with E-state index in [2.05, 4.69) is 17.9 Å². The minimum Gasteiger partial charge on any atom is -0.497 e. The molecule has 7 nitrogen and oxygen atoms in total. The molecule has 214 valence electrons. The molecule has 1 fully saturated rings. The van der Waals surface area contributed by atoms with Crippen LogP contribution >= 0.6 is 0 Å². The smallest absolute Gasteiger partial charge is 0.306 e. The maximum absolute atomic E-state index is 12.5. The summed E-state index contributed by atoms with van der Waals surface area (Å²) in [7, 11) is 3.16. The van der Waals surface area contributed by atoms with E-state index in [1.165, 1.54) is 0 Å². The number of carbonyl (C=O) groups is 1. The van der Waals surface area contributed by atoms with Gasteiger partial charge in [-0.3, -0.25) is 4.79 Å². The average molecular weight is 549 g/mol. The molecule has 1 heterocycles. The molecule has 4 rings (SSSR count). The first kappa shape index (κ1) is 29.5. The first-order valence-electron chi connectivity index (χ1n) is 13.9. The summed E-state index contributed by atoms with van der Waals surface area (Å²) in [6, 6.07) is 11.5. The van der Waals surface area contributed by atoms with Crippen LogP contribution in [0.25, 0.3) is 0 Å². The van der Waals surface area contributed by atoms with Gasteiger partial charge in [-0.2, -0.15) is 0 Å². The fraction of sp³-hybridized carbons (Fsp3) is 0.485. The van der Waals surface area contributed by atoms with E-state index in [0.717, 1.165) is 22.4 Å². The molecule has 0 saturated heterocycles. The van der Waals surface area contributed by atoms with Crippen LogP contribution in [0.3, 0.4) is 0 Å². The molecule has 2 aliphatic rings. The normalized spacial score (nSPS) is 22.4. The zero-order chi connectivity index (χ0) is 28.6. The van der Waals surface area contributed by atoms with Crippen LogP contribution in [0, 0.1) is 23.7 Å². The fourth-order valence-corrected chi connectivity index (χ4v) is 5.61. The van der Waals surface area contributed by atoms with Crippen LogP contribution in [0.15, 0.2) is 48.6 Å². The number of hydrogen-bond acceptors (Lipinski definition) is 7. The van der Waals surface area contributed by atoms with Crippen molar-refractivity contribution in [2.75, 3.05) is 14.2 Å². The summed E-state index contributed by atoms with van der Waals surface area (Å²) < 4.78 is 22.4. The van der Waals surface area contributed by atoms with Crippen molar-refractivity contribution in [3.05, 3.63) is 65.2 Å². The number of aliphatic hydroxyl groups excluding tert-OH is 2. The van der Waals surface area contributed by atoms with Gasteiger partial charge in [0.05, 0.1) is 26.4 Å². The number of rotatable bonds is 12. The molecule has 1 saturated carbocycles. The molecular formula is C33H40O7. The first-order chi connectivity index (χ1) is 19.4. The lowest BCUT2D eigenvalue weighted by atomic mass is 9.86. The first-order valence-corrected chi connectivity index (χ1v) is 13.9. The highest BCUT2D eigenvalue weighted by atomic mass is 16.5. The summed E-state index contributed by atoms with van der Waals surface area (Å²) in [6.07, 6.45) is 5.27. The molecule has 40 heavy (non-hydrogen) atoms. The number of aliphatic hydroxyl groups is 2. The lowest BCUT2D eigenvalue weighted by Crippen LogP contribution is -2.19. The Labute approximate surface area is 237 Å². The Morgan fingerprint density at radius 3 is 2.77 bits per heavy atom. The van der Waals surface area contributed by atoms with E-state index in [1.54, 1.807) is 33.3 Å². The van der Waals surface area contributed by atoms with Crippen LogP contribution in [0.4, 0.5) is 0 Å². The number of methoxy groups -OCH3 is 2. The highest BCUT2D eigenvalue weighted by Gasteiger charge is 2.48. The van der Waals surface area contributed by atoms with Gasteiger partial charge in [-0.05, 0) is 43.4 Å². The van der Waals surface area contributed by atoms with Crippen molar-refractivity contribution < 1.29 is 34.0 Å². The summed E-state index contributed by atoms with van der Waals surface area (Å²) in [4.78, 5) is 12.5. The van der Waals surface area contributed by atoms with E-state index in [4.69, 9.17) is 18.9 Å². The molecule has 7 heteroatoms. The highest BCUT2D eigenvalue weighted by molar-refractivity contribution is 5.69. The number of para-hydroxylation sites is 1. The Morgan fingerprint density at radius 2 is 2.02 bits per heavy atom. The minimum atomic E-state index is -0.620. The number of carbonyl (C=O) groups excluding carboxylic acids is 1. The second-order valence-electron chi connectivity index (χ2n) is 10.6. The second-order valence-corrected chi connectivity index (χ2v) is 10.6. The molecule has 2 aromatic carbocycles. The van der Waals surface area contributed by atoms with Crippen molar-refractivity contribution in [1.82, 2.24) is 0 Å². The van der Waals surface area contributed by atoms with Crippen LogP contribution in [0.1, 0.15) is 62.1 Å². The lowest BCUT2D eigenvalue weighted by Gasteiger charge is -2.19. The van der Waals surface area contributed by atoms with Crippen molar-refractivity contribution in [3.8, 4) is 29.1 Å². The third-order valence-electron chi connectivity index (χ3n) is 7.91. The molecule has 2 aromatic rings. The Hall–Kier alpha value is -3.47. The van der Waals surface area contributed by atoms with E-state index >= 15 is 0 Å². The molecule has 0 unspecified atom stereocenters. The quantitative estimate of drug-likeness (QED) is 0.220. The van der Waals surface area contributed by atoms with Gasteiger partial charge in [-0.15, -0.1) is 11.8 Å². The molecule has 0 spiro atoms. The number of benzene rings is 2. The van der Waals surface area contributed by atoms with Crippen molar-refractivity contribution in [3.63, 3.8) is 0 Å². The summed E-state index contributed by atoms with van der Waals surface area (Å²) in [5, 5.41) is 21.3. The number of esters is 1. The van der Waals surface area contributed by atoms with Crippen LogP contribution in [0.5, 0.6) is 17.2 Å². The number of fused-ring (bicyclic) bond motifs is 3. The Morgan fingerprint density at radius 1 is 1.20 bits per heavy atom. The second kappa shape index (κ2) is 13.7. The van der Waals surface area contributed by atoms with E-state index < -0.39 is 12.2 Å². The molecule has 2 N–H and O–H groups in total. The average Bonchev–Trinajstić information content (AvgIpc) is 3.48. The largest absolute Gasteiger partial charge is 0.497 e. The zero-order valence-corrected chi connectivity index (χ0v) is 23.8. The molecular weight excluding hydrogens is 508 g/mol. The third-order valence-corrected chi connectivity index (χ3v) is 7.91. The van der Waals surface area contributed by atoms with Crippen LogP contribution < -0.4 is 14.2 Å². The van der Waals surface area contributed by atoms with Crippen molar-refractivity contribution >= 4 is 5.97 Å². The van der Waals surface area contributed by atoms with Gasteiger partial charge in [0.2, 0.25) is 0 Å². The summed E-state index contributed by atoms with van der Waals surface area (Å²) in [5.41, 5.74) is 2.92. The predicted octanol–water partition coefficient (Wildman–Crippen LogP) is 4.96. The SMILES string of the molecule is CC#CC[C@H](C)[C@H](O)/C=C/[C@@H]1[C@H]2c3cccc(CCCC(=O)OCc4ccc(OC)cc4OC)c3O[C@H]2C[C@H]1O. The molecule has 0 amide bonds. The van der Waals surface area contributed by atoms with Gasteiger partial charge in [-0.25, -0.2) is 0 Å². The van der Waals surface area contributed by atoms with Gasteiger partial charge in [0.25, 0.3) is 0 Å². The van der Waals surface area contributed by atoms with E-state index in [0.29, 0.717) is 37.2 Å². The molecule has 0 bridgehead atoms. The van der Waals surface area contributed by atoms with E-state index in [9.17, 15) is 15.0 Å². The minimum absolute atomic E-state index is 0.0155.